The number of rotatable bonds is 7. The zero-order valence-corrected chi connectivity index (χ0v) is 17.9. The Morgan fingerprint density at radius 3 is 2.78 bits per heavy atom. The summed E-state index contributed by atoms with van der Waals surface area (Å²) in [6.45, 7) is 1.62. The van der Waals surface area contributed by atoms with Gasteiger partial charge in [0.1, 0.15) is 11.5 Å². The molecule has 0 saturated heterocycles. The molecule has 1 saturated carbocycles. The number of pyridine rings is 1. The van der Waals surface area contributed by atoms with Crippen molar-refractivity contribution in [2.75, 3.05) is 6.54 Å². The van der Waals surface area contributed by atoms with E-state index in [1.165, 1.54) is 17.7 Å². The van der Waals surface area contributed by atoms with Crippen molar-refractivity contribution in [1.29, 1.82) is 0 Å². The summed E-state index contributed by atoms with van der Waals surface area (Å²) in [6.07, 6.45) is 5.48. The van der Waals surface area contributed by atoms with Gasteiger partial charge >= 0.3 is 5.97 Å². The molecule has 6 nitrogen and oxygen atoms in total. The van der Waals surface area contributed by atoms with Gasteiger partial charge in [0.2, 0.25) is 5.91 Å². The van der Waals surface area contributed by atoms with Gasteiger partial charge in [0, 0.05) is 36.8 Å². The molecule has 0 unspecified atom stereocenters. The predicted octanol–water partition coefficient (Wildman–Crippen LogP) is 4.14. The second-order valence-electron chi connectivity index (χ2n) is 9.02. The summed E-state index contributed by atoms with van der Waals surface area (Å²) in [7, 11) is 0. The lowest BCUT2D eigenvalue weighted by molar-refractivity contribution is -0.144. The number of carboxylic acids is 1. The number of aromatic nitrogens is 2. The maximum atomic E-state index is 13.8. The Bertz CT molecular complexity index is 1200. The van der Waals surface area contributed by atoms with Crippen LogP contribution in [0.15, 0.2) is 42.6 Å². The maximum Gasteiger partial charge on any atom is 0.309 e. The van der Waals surface area contributed by atoms with E-state index in [4.69, 9.17) is 0 Å². The summed E-state index contributed by atoms with van der Waals surface area (Å²) >= 11 is 0. The topological polar surface area (TPSA) is 75.4 Å². The van der Waals surface area contributed by atoms with E-state index >= 15 is 0 Å². The highest BCUT2D eigenvalue weighted by molar-refractivity contribution is 5.84. The normalized spacial score (nSPS) is 16.7. The first kappa shape index (κ1) is 20.7. The predicted molar refractivity (Wildman–Crippen MR) is 118 cm³/mol. The Hall–Kier alpha value is -3.22. The number of aliphatic carboxylic acids is 1. The second kappa shape index (κ2) is 8.04. The van der Waals surface area contributed by atoms with Crippen LogP contribution < -0.4 is 0 Å². The van der Waals surface area contributed by atoms with Crippen molar-refractivity contribution in [3.05, 3.63) is 65.2 Å². The molecular weight excluding hydrogens is 409 g/mol. The van der Waals surface area contributed by atoms with Gasteiger partial charge in [-0.1, -0.05) is 12.1 Å². The molecule has 0 bridgehead atoms. The molecule has 1 aliphatic carbocycles. The van der Waals surface area contributed by atoms with Crippen LogP contribution in [-0.4, -0.2) is 38.0 Å². The van der Waals surface area contributed by atoms with Crippen LogP contribution in [0.1, 0.15) is 48.9 Å². The lowest BCUT2D eigenvalue weighted by Gasteiger charge is -2.29. The van der Waals surface area contributed by atoms with E-state index < -0.39 is 11.4 Å². The Labute approximate surface area is 185 Å². The van der Waals surface area contributed by atoms with E-state index in [0.29, 0.717) is 38.9 Å². The van der Waals surface area contributed by atoms with E-state index in [1.807, 2.05) is 17.0 Å². The molecule has 0 radical (unpaired) electrons. The van der Waals surface area contributed by atoms with Crippen molar-refractivity contribution in [3.63, 3.8) is 0 Å². The number of hydrogen-bond acceptors (Lipinski definition) is 3. The van der Waals surface area contributed by atoms with Gasteiger partial charge in [-0.2, -0.15) is 0 Å². The number of nitrogens with zero attached hydrogens (tertiary/aromatic N) is 3. The third-order valence-corrected chi connectivity index (χ3v) is 6.95. The molecule has 32 heavy (non-hydrogen) atoms. The van der Waals surface area contributed by atoms with Gasteiger partial charge in [0.25, 0.3) is 0 Å². The summed E-state index contributed by atoms with van der Waals surface area (Å²) in [5, 5.41) is 10.4. The van der Waals surface area contributed by atoms with Crippen LogP contribution in [0.5, 0.6) is 0 Å². The lowest BCUT2D eigenvalue weighted by Crippen LogP contribution is -2.36. The molecule has 3 aromatic rings. The molecule has 3 heterocycles. The van der Waals surface area contributed by atoms with Crippen molar-refractivity contribution in [2.45, 2.75) is 51.6 Å². The first-order valence-electron chi connectivity index (χ1n) is 11.2. The monoisotopic (exact) mass is 435 g/mol. The highest BCUT2D eigenvalue weighted by Crippen LogP contribution is 2.50. The highest BCUT2D eigenvalue weighted by atomic mass is 19.1. The summed E-state index contributed by atoms with van der Waals surface area (Å²) in [5.74, 6) is -0.943. The van der Waals surface area contributed by atoms with Crippen LogP contribution in [0.3, 0.4) is 0 Å². The smallest absolute Gasteiger partial charge is 0.309 e. The number of fused-ring (bicyclic) bond motifs is 3. The van der Waals surface area contributed by atoms with Crippen LogP contribution in [0.4, 0.5) is 4.39 Å². The van der Waals surface area contributed by atoms with Gasteiger partial charge < -0.3 is 14.6 Å². The fourth-order valence-corrected chi connectivity index (χ4v) is 4.92. The number of amides is 1. The Morgan fingerprint density at radius 2 is 2.03 bits per heavy atom. The van der Waals surface area contributed by atoms with E-state index in [1.54, 1.807) is 12.3 Å². The quantitative estimate of drug-likeness (QED) is 0.605. The number of carboxylic acid groups (broad SMARTS) is 1. The third kappa shape index (κ3) is 3.76. The standard InChI is InChI=1S/C25H26FN3O3/c26-18-5-1-4-17(14-18)15-29-21-16-28(13-8-19(21)20-6-3-12-27-23(20)29)22(30)7-2-9-25(10-11-25)24(31)32/h1,3-6,12,14H,2,7-11,13,15-16H2,(H,31,32). The minimum absolute atomic E-state index is 0.0624. The molecule has 1 aromatic carbocycles. The molecule has 7 heteroatoms. The average molecular weight is 435 g/mol. The molecule has 5 rings (SSSR count). The van der Waals surface area contributed by atoms with Crippen molar-refractivity contribution in [1.82, 2.24) is 14.5 Å². The first-order valence-corrected chi connectivity index (χ1v) is 11.2. The van der Waals surface area contributed by atoms with Gasteiger partial charge in [-0.25, -0.2) is 9.37 Å². The zero-order chi connectivity index (χ0) is 22.3. The van der Waals surface area contributed by atoms with Crippen LogP contribution in [0.2, 0.25) is 0 Å². The highest BCUT2D eigenvalue weighted by Gasteiger charge is 2.49. The summed E-state index contributed by atoms with van der Waals surface area (Å²) in [4.78, 5) is 30.7. The minimum atomic E-state index is -0.734. The number of hydrogen-bond donors (Lipinski definition) is 1. The molecule has 0 atom stereocenters. The van der Waals surface area contributed by atoms with Crippen molar-refractivity contribution < 1.29 is 19.1 Å². The molecule has 2 aliphatic rings. The maximum absolute atomic E-state index is 13.8. The fourth-order valence-electron chi connectivity index (χ4n) is 4.92. The van der Waals surface area contributed by atoms with Crippen LogP contribution in [0.25, 0.3) is 11.0 Å². The van der Waals surface area contributed by atoms with Crippen molar-refractivity contribution in [3.8, 4) is 0 Å². The van der Waals surface area contributed by atoms with E-state index in [2.05, 4.69) is 15.6 Å². The van der Waals surface area contributed by atoms with Gasteiger partial charge in [-0.3, -0.25) is 9.59 Å². The van der Waals surface area contributed by atoms with Gasteiger partial charge in [0.15, 0.2) is 0 Å². The molecule has 1 N–H and O–H groups in total. The Morgan fingerprint density at radius 1 is 1.19 bits per heavy atom. The molecular formula is C25H26FN3O3. The summed E-state index contributed by atoms with van der Waals surface area (Å²) in [5.41, 5.74) is 3.37. The molecule has 2 aromatic heterocycles. The van der Waals surface area contributed by atoms with E-state index in [9.17, 15) is 19.1 Å². The summed E-state index contributed by atoms with van der Waals surface area (Å²) < 4.78 is 15.9. The number of benzene rings is 1. The largest absolute Gasteiger partial charge is 0.481 e. The number of halogens is 1. The summed E-state index contributed by atoms with van der Waals surface area (Å²) in [6, 6.07) is 10.5. The van der Waals surface area contributed by atoms with Gasteiger partial charge in [0.05, 0.1) is 12.0 Å². The second-order valence-corrected chi connectivity index (χ2v) is 9.02. The number of carbonyl (C=O) groups excluding carboxylic acids is 1. The van der Waals surface area contributed by atoms with Crippen LogP contribution in [-0.2, 0) is 29.1 Å². The molecule has 0 spiro atoms. The Kier molecular flexibility index (Phi) is 5.19. The van der Waals surface area contributed by atoms with E-state index in [-0.39, 0.29) is 11.7 Å². The molecule has 1 amide bonds. The van der Waals surface area contributed by atoms with Crippen LogP contribution in [0, 0.1) is 11.2 Å². The minimum Gasteiger partial charge on any atom is -0.481 e. The fraction of sp³-hybridized carbons (Fsp3) is 0.400. The van der Waals surface area contributed by atoms with Gasteiger partial charge in [-0.05, 0) is 67.5 Å². The Balaban J connectivity index is 1.36. The zero-order valence-electron chi connectivity index (χ0n) is 17.9. The van der Waals surface area contributed by atoms with Crippen molar-refractivity contribution in [2.24, 2.45) is 5.41 Å². The first-order chi connectivity index (χ1) is 15.5. The average Bonchev–Trinajstić information content (AvgIpc) is 3.52. The van der Waals surface area contributed by atoms with E-state index in [0.717, 1.165) is 41.6 Å². The lowest BCUT2D eigenvalue weighted by atomic mass is 9.98. The third-order valence-electron chi connectivity index (χ3n) is 6.95. The molecule has 1 aliphatic heterocycles. The molecule has 166 valence electrons. The van der Waals surface area contributed by atoms with Crippen molar-refractivity contribution >= 4 is 22.9 Å². The van der Waals surface area contributed by atoms with Gasteiger partial charge in [-0.15, -0.1) is 0 Å². The SMILES string of the molecule is O=C(CCCC1(C(=O)O)CC1)N1CCc2c(n(Cc3cccc(F)c3)c3ncccc23)C1. The van der Waals surface area contributed by atoms with Crippen LogP contribution >= 0.6 is 0 Å². The molecule has 1 fully saturated rings. The number of carbonyl (C=O) groups is 2.